The van der Waals surface area contributed by atoms with E-state index in [1.165, 1.54) is 0 Å². The first-order valence-electron chi connectivity index (χ1n) is 10.1. The summed E-state index contributed by atoms with van der Waals surface area (Å²) in [6, 6.07) is 20.7. The Morgan fingerprint density at radius 1 is 1.03 bits per heavy atom. The van der Waals surface area contributed by atoms with Crippen LogP contribution in [0.3, 0.4) is 0 Å². The lowest BCUT2D eigenvalue weighted by Crippen LogP contribution is -2.36. The third kappa shape index (κ3) is 4.99. The lowest BCUT2D eigenvalue weighted by atomic mass is 10.1. The first-order valence-corrected chi connectivity index (χ1v) is 11.6. The Kier molecular flexibility index (Phi) is 6.34. The van der Waals surface area contributed by atoms with Gasteiger partial charge in [0.15, 0.2) is 0 Å². The maximum atomic E-state index is 12.9. The highest BCUT2D eigenvalue weighted by atomic mass is 32.2. The maximum Gasteiger partial charge on any atom is 0.240 e. The molecule has 0 aliphatic carbocycles. The summed E-state index contributed by atoms with van der Waals surface area (Å²) >= 11 is 0. The fourth-order valence-electron chi connectivity index (χ4n) is 3.81. The minimum Gasteiger partial charge on any atom is -0.491 e. The van der Waals surface area contributed by atoms with Gasteiger partial charge in [-0.25, -0.2) is 13.1 Å². The number of likely N-dealkylation sites (tertiary alicyclic amines) is 1. The van der Waals surface area contributed by atoms with Gasteiger partial charge in [-0.2, -0.15) is 0 Å². The van der Waals surface area contributed by atoms with Gasteiger partial charge < -0.3 is 9.84 Å². The zero-order valence-electron chi connectivity index (χ0n) is 16.7. The molecule has 30 heavy (non-hydrogen) atoms. The highest BCUT2D eigenvalue weighted by Crippen LogP contribution is 2.21. The summed E-state index contributed by atoms with van der Waals surface area (Å²) in [5.41, 5.74) is 1.14. The van der Waals surface area contributed by atoms with Gasteiger partial charge in [-0.05, 0) is 47.0 Å². The van der Waals surface area contributed by atoms with Gasteiger partial charge in [-0.3, -0.25) is 4.90 Å². The highest BCUT2D eigenvalue weighted by molar-refractivity contribution is 7.89. The predicted molar refractivity (Wildman–Crippen MR) is 117 cm³/mol. The van der Waals surface area contributed by atoms with Crippen molar-refractivity contribution >= 4 is 20.8 Å². The Morgan fingerprint density at radius 3 is 2.57 bits per heavy atom. The molecule has 0 aromatic heterocycles. The van der Waals surface area contributed by atoms with Crippen LogP contribution in [-0.2, 0) is 16.6 Å². The van der Waals surface area contributed by atoms with Crippen LogP contribution in [0.15, 0.2) is 71.6 Å². The van der Waals surface area contributed by atoms with E-state index in [1.54, 1.807) is 12.1 Å². The van der Waals surface area contributed by atoms with Crippen LogP contribution in [0, 0.1) is 0 Å². The molecule has 158 valence electrons. The van der Waals surface area contributed by atoms with Crippen molar-refractivity contribution in [2.24, 2.45) is 0 Å². The Morgan fingerprint density at radius 2 is 1.80 bits per heavy atom. The first kappa shape index (κ1) is 20.8. The second-order valence-corrected chi connectivity index (χ2v) is 9.28. The number of sulfonamides is 1. The summed E-state index contributed by atoms with van der Waals surface area (Å²) in [4.78, 5) is 2.55. The number of aliphatic hydroxyl groups excluding tert-OH is 1. The van der Waals surface area contributed by atoms with E-state index in [1.807, 2.05) is 54.6 Å². The molecular weight excluding hydrogens is 400 g/mol. The van der Waals surface area contributed by atoms with Crippen molar-refractivity contribution in [2.45, 2.75) is 23.9 Å². The van der Waals surface area contributed by atoms with Crippen LogP contribution >= 0.6 is 0 Å². The number of benzene rings is 3. The summed E-state index contributed by atoms with van der Waals surface area (Å²) in [5, 5.41) is 10.8. The van der Waals surface area contributed by atoms with Crippen LogP contribution in [0.1, 0.15) is 12.0 Å². The van der Waals surface area contributed by atoms with Gasteiger partial charge in [0.1, 0.15) is 12.4 Å². The third-order valence-corrected chi connectivity index (χ3v) is 6.83. The Balaban J connectivity index is 1.35. The molecule has 0 radical (unpaired) electrons. The molecule has 6 nitrogen and oxygen atoms in total. The average molecular weight is 427 g/mol. The molecule has 0 saturated carbocycles. The Labute approximate surface area is 177 Å². The fourth-order valence-corrected chi connectivity index (χ4v) is 5.10. The van der Waals surface area contributed by atoms with E-state index in [0.29, 0.717) is 11.4 Å². The van der Waals surface area contributed by atoms with E-state index in [9.17, 15) is 8.42 Å². The molecule has 0 bridgehead atoms. The summed E-state index contributed by atoms with van der Waals surface area (Å²) in [6.45, 7) is 2.55. The van der Waals surface area contributed by atoms with Crippen molar-refractivity contribution < 1.29 is 18.3 Å². The van der Waals surface area contributed by atoms with E-state index in [0.717, 1.165) is 41.6 Å². The summed E-state index contributed by atoms with van der Waals surface area (Å²) in [5.74, 6) is 0.732. The van der Waals surface area contributed by atoms with Crippen molar-refractivity contribution in [3.63, 3.8) is 0 Å². The molecule has 7 heteroatoms. The maximum absolute atomic E-state index is 12.9. The van der Waals surface area contributed by atoms with Crippen LogP contribution in [0.2, 0.25) is 0 Å². The SMILES string of the molecule is O=S(=O)(N[C@H]1CCN(Cc2ccc(OCCO)cc2)C1)c1ccc2ccccc2c1. The lowest BCUT2D eigenvalue weighted by molar-refractivity contribution is 0.201. The van der Waals surface area contributed by atoms with Crippen molar-refractivity contribution in [2.75, 3.05) is 26.3 Å². The summed E-state index contributed by atoms with van der Waals surface area (Å²) in [7, 11) is -3.56. The molecule has 0 amide bonds. The number of nitrogens with one attached hydrogen (secondary N) is 1. The zero-order chi connectivity index (χ0) is 21.0. The van der Waals surface area contributed by atoms with Crippen LogP contribution in [-0.4, -0.2) is 50.8 Å². The Hall–Kier alpha value is -2.45. The molecule has 1 heterocycles. The number of hydrogen-bond acceptors (Lipinski definition) is 5. The molecule has 0 spiro atoms. The fraction of sp³-hybridized carbons (Fsp3) is 0.304. The standard InChI is InChI=1S/C23H26N2O4S/c26-13-14-29-22-8-5-18(6-9-22)16-25-12-11-21(17-25)24-30(27,28)23-10-7-19-3-1-2-4-20(19)15-23/h1-10,15,21,24,26H,11-14,16-17H2/t21-/m0/s1. The molecule has 0 unspecified atom stereocenters. The van der Waals surface area contributed by atoms with Gasteiger partial charge in [-0.1, -0.05) is 42.5 Å². The summed E-state index contributed by atoms with van der Waals surface area (Å²) < 4.78 is 34.0. The van der Waals surface area contributed by atoms with Crippen LogP contribution in [0.25, 0.3) is 10.8 Å². The number of aliphatic hydroxyl groups is 1. The topological polar surface area (TPSA) is 78.9 Å². The minimum absolute atomic E-state index is 0.00791. The molecule has 1 fully saturated rings. The number of nitrogens with zero attached hydrogens (tertiary/aromatic N) is 1. The normalized spacial score (nSPS) is 17.4. The van der Waals surface area contributed by atoms with E-state index >= 15 is 0 Å². The quantitative estimate of drug-likeness (QED) is 0.579. The second-order valence-electron chi connectivity index (χ2n) is 7.57. The predicted octanol–water partition coefficient (Wildman–Crippen LogP) is 2.76. The minimum atomic E-state index is -3.56. The third-order valence-electron chi connectivity index (χ3n) is 5.31. The molecule has 1 aliphatic rings. The smallest absolute Gasteiger partial charge is 0.240 e. The molecule has 1 saturated heterocycles. The molecule has 1 atom stereocenters. The van der Waals surface area contributed by atoms with Crippen molar-refractivity contribution in [1.29, 1.82) is 0 Å². The van der Waals surface area contributed by atoms with Crippen LogP contribution < -0.4 is 9.46 Å². The molecule has 4 rings (SSSR count). The van der Waals surface area contributed by atoms with Crippen molar-refractivity contribution in [3.05, 3.63) is 72.3 Å². The monoisotopic (exact) mass is 426 g/mol. The van der Waals surface area contributed by atoms with E-state index in [-0.39, 0.29) is 19.3 Å². The second kappa shape index (κ2) is 9.14. The number of ether oxygens (including phenoxy) is 1. The molecule has 3 aromatic carbocycles. The Bertz CT molecular complexity index is 1100. The van der Waals surface area contributed by atoms with E-state index < -0.39 is 10.0 Å². The van der Waals surface area contributed by atoms with E-state index in [2.05, 4.69) is 9.62 Å². The zero-order valence-corrected chi connectivity index (χ0v) is 17.5. The van der Waals surface area contributed by atoms with Gasteiger partial charge in [0.2, 0.25) is 10.0 Å². The first-order chi connectivity index (χ1) is 14.5. The van der Waals surface area contributed by atoms with Gasteiger partial charge in [0.05, 0.1) is 11.5 Å². The van der Waals surface area contributed by atoms with Gasteiger partial charge in [0, 0.05) is 25.7 Å². The molecule has 2 N–H and O–H groups in total. The van der Waals surface area contributed by atoms with Crippen molar-refractivity contribution in [3.8, 4) is 5.75 Å². The lowest BCUT2D eigenvalue weighted by Gasteiger charge is -2.17. The van der Waals surface area contributed by atoms with Crippen molar-refractivity contribution in [1.82, 2.24) is 9.62 Å². The van der Waals surface area contributed by atoms with Crippen LogP contribution in [0.4, 0.5) is 0 Å². The highest BCUT2D eigenvalue weighted by Gasteiger charge is 2.27. The van der Waals surface area contributed by atoms with Gasteiger partial charge in [-0.15, -0.1) is 0 Å². The van der Waals surface area contributed by atoms with Crippen LogP contribution in [0.5, 0.6) is 5.75 Å². The number of hydrogen-bond donors (Lipinski definition) is 2. The largest absolute Gasteiger partial charge is 0.491 e. The van der Waals surface area contributed by atoms with Gasteiger partial charge in [0.25, 0.3) is 0 Å². The van der Waals surface area contributed by atoms with E-state index in [4.69, 9.17) is 9.84 Å². The molecule has 3 aromatic rings. The number of fused-ring (bicyclic) bond motifs is 1. The number of rotatable bonds is 8. The molecule has 1 aliphatic heterocycles. The average Bonchev–Trinajstić information content (AvgIpc) is 3.19. The molecular formula is C23H26N2O4S. The van der Waals surface area contributed by atoms with Gasteiger partial charge >= 0.3 is 0 Å². The summed E-state index contributed by atoms with van der Waals surface area (Å²) in [6.07, 6.45) is 0.782.